The number of rotatable bonds is 5. The molecule has 54 heavy (non-hydrogen) atoms. The molecule has 0 N–H and O–H groups in total. The van der Waals surface area contributed by atoms with Crippen LogP contribution in [0.15, 0.2) is 205 Å². The Morgan fingerprint density at radius 2 is 0.759 bits per heavy atom. The molecule has 0 radical (unpaired) electrons. The molecule has 0 spiro atoms. The monoisotopic (exact) mass is 687 g/mol. The minimum Gasteiger partial charge on any atom is -0.456 e. The summed E-state index contributed by atoms with van der Waals surface area (Å²) >= 11 is 0. The number of nitrogens with zero attached hydrogens (tertiary/aromatic N) is 1. The third-order valence-electron chi connectivity index (χ3n) is 11.0. The average Bonchev–Trinajstić information content (AvgIpc) is 3.62. The second-order valence-electron chi connectivity index (χ2n) is 14.1. The molecular formula is C52H33NO. The minimum absolute atomic E-state index is 0.888. The molecule has 0 saturated heterocycles. The van der Waals surface area contributed by atoms with Gasteiger partial charge in [0.05, 0.1) is 0 Å². The Bertz CT molecular complexity index is 3180. The lowest BCUT2D eigenvalue weighted by Crippen LogP contribution is -2.09. The summed E-state index contributed by atoms with van der Waals surface area (Å²) in [6, 6.07) is 72.3. The number of anilines is 3. The van der Waals surface area contributed by atoms with Crippen LogP contribution in [0.25, 0.3) is 87.3 Å². The topological polar surface area (TPSA) is 16.4 Å². The van der Waals surface area contributed by atoms with E-state index in [1.54, 1.807) is 0 Å². The maximum absolute atomic E-state index is 6.21. The second-order valence-corrected chi connectivity index (χ2v) is 14.1. The zero-order valence-electron chi connectivity index (χ0n) is 29.4. The molecule has 0 aliphatic carbocycles. The van der Waals surface area contributed by atoms with Crippen molar-refractivity contribution in [1.29, 1.82) is 0 Å². The highest BCUT2D eigenvalue weighted by Crippen LogP contribution is 2.41. The number of furan rings is 1. The van der Waals surface area contributed by atoms with Gasteiger partial charge < -0.3 is 9.32 Å². The van der Waals surface area contributed by atoms with Gasteiger partial charge in [0.25, 0.3) is 0 Å². The van der Waals surface area contributed by atoms with Gasteiger partial charge in [0.2, 0.25) is 0 Å². The Morgan fingerprint density at radius 1 is 0.278 bits per heavy atom. The van der Waals surface area contributed by atoms with Crippen LogP contribution in [0.4, 0.5) is 17.1 Å². The van der Waals surface area contributed by atoms with Crippen LogP contribution >= 0.6 is 0 Å². The van der Waals surface area contributed by atoms with Gasteiger partial charge in [-0.1, -0.05) is 146 Å². The fraction of sp³-hybridized carbons (Fsp3) is 0. The zero-order chi connectivity index (χ0) is 35.6. The van der Waals surface area contributed by atoms with E-state index >= 15 is 0 Å². The van der Waals surface area contributed by atoms with E-state index < -0.39 is 0 Å². The van der Waals surface area contributed by atoms with Crippen LogP contribution in [0.2, 0.25) is 0 Å². The molecule has 0 unspecified atom stereocenters. The first-order valence-electron chi connectivity index (χ1n) is 18.5. The number of hydrogen-bond donors (Lipinski definition) is 0. The average molecular weight is 688 g/mol. The molecule has 0 amide bonds. The normalized spacial score (nSPS) is 11.7. The summed E-state index contributed by atoms with van der Waals surface area (Å²) in [6.07, 6.45) is 0. The van der Waals surface area contributed by atoms with Crippen LogP contribution in [0, 0.1) is 0 Å². The summed E-state index contributed by atoms with van der Waals surface area (Å²) in [7, 11) is 0. The van der Waals surface area contributed by atoms with E-state index in [4.69, 9.17) is 4.42 Å². The second kappa shape index (κ2) is 12.2. The van der Waals surface area contributed by atoms with Crippen molar-refractivity contribution in [2.24, 2.45) is 0 Å². The first-order valence-corrected chi connectivity index (χ1v) is 18.5. The number of hydrogen-bond acceptors (Lipinski definition) is 2. The molecule has 1 aromatic heterocycles. The smallest absolute Gasteiger partial charge is 0.135 e. The van der Waals surface area contributed by atoms with E-state index in [0.717, 1.165) is 39.0 Å². The predicted molar refractivity (Wildman–Crippen MR) is 229 cm³/mol. The van der Waals surface area contributed by atoms with E-state index in [1.165, 1.54) is 65.3 Å². The van der Waals surface area contributed by atoms with Gasteiger partial charge >= 0.3 is 0 Å². The highest BCUT2D eigenvalue weighted by atomic mass is 16.3. The summed E-state index contributed by atoms with van der Waals surface area (Å²) in [4.78, 5) is 2.34. The quantitative estimate of drug-likeness (QED) is 0.168. The Labute approximate surface area is 312 Å². The van der Waals surface area contributed by atoms with Crippen molar-refractivity contribution in [3.05, 3.63) is 200 Å². The van der Waals surface area contributed by atoms with Gasteiger partial charge in [-0.25, -0.2) is 0 Å². The third-order valence-corrected chi connectivity index (χ3v) is 11.0. The molecule has 0 aliphatic heterocycles. The predicted octanol–water partition coefficient (Wildman–Crippen LogP) is 15.0. The Balaban J connectivity index is 1.04. The van der Waals surface area contributed by atoms with Crippen molar-refractivity contribution in [3.8, 4) is 22.3 Å². The molecule has 0 saturated carbocycles. The van der Waals surface area contributed by atoms with Crippen molar-refractivity contribution < 1.29 is 4.42 Å². The van der Waals surface area contributed by atoms with Crippen LogP contribution < -0.4 is 4.90 Å². The van der Waals surface area contributed by atoms with Crippen molar-refractivity contribution in [3.63, 3.8) is 0 Å². The molecular weight excluding hydrogens is 655 g/mol. The molecule has 11 aromatic rings. The molecule has 10 aromatic carbocycles. The maximum Gasteiger partial charge on any atom is 0.135 e. The first-order chi connectivity index (χ1) is 26.7. The summed E-state index contributed by atoms with van der Waals surface area (Å²) < 4.78 is 6.21. The van der Waals surface area contributed by atoms with Crippen LogP contribution in [-0.4, -0.2) is 0 Å². The van der Waals surface area contributed by atoms with E-state index in [-0.39, 0.29) is 0 Å². The van der Waals surface area contributed by atoms with Crippen LogP contribution in [-0.2, 0) is 0 Å². The van der Waals surface area contributed by atoms with Gasteiger partial charge in [-0.05, 0) is 120 Å². The van der Waals surface area contributed by atoms with E-state index in [1.807, 2.05) is 12.1 Å². The maximum atomic E-state index is 6.21. The van der Waals surface area contributed by atoms with Gasteiger partial charge in [0.1, 0.15) is 11.2 Å². The van der Waals surface area contributed by atoms with Gasteiger partial charge in [-0.3, -0.25) is 0 Å². The molecule has 2 nitrogen and oxygen atoms in total. The number of benzene rings is 10. The zero-order valence-corrected chi connectivity index (χ0v) is 29.4. The van der Waals surface area contributed by atoms with E-state index in [0.29, 0.717) is 0 Å². The minimum atomic E-state index is 0.888. The van der Waals surface area contributed by atoms with Crippen molar-refractivity contribution in [1.82, 2.24) is 0 Å². The lowest BCUT2D eigenvalue weighted by molar-refractivity contribution is 0.669. The van der Waals surface area contributed by atoms with Crippen molar-refractivity contribution in [2.45, 2.75) is 0 Å². The van der Waals surface area contributed by atoms with Gasteiger partial charge in [0, 0.05) is 27.8 Å². The Hall–Kier alpha value is -7.16. The molecule has 0 bridgehead atoms. The molecule has 2 heteroatoms. The fourth-order valence-corrected chi connectivity index (χ4v) is 8.36. The molecule has 0 fully saturated rings. The Kier molecular flexibility index (Phi) is 6.90. The highest BCUT2D eigenvalue weighted by molar-refractivity contribution is 6.27. The van der Waals surface area contributed by atoms with Gasteiger partial charge in [-0.2, -0.15) is 0 Å². The van der Waals surface area contributed by atoms with E-state index in [2.05, 4.69) is 193 Å². The summed E-state index contributed by atoms with van der Waals surface area (Å²) in [5, 5.41) is 12.5. The Morgan fingerprint density at radius 3 is 1.48 bits per heavy atom. The van der Waals surface area contributed by atoms with Gasteiger partial charge in [0.15, 0.2) is 0 Å². The molecule has 252 valence electrons. The van der Waals surface area contributed by atoms with Crippen molar-refractivity contribution in [2.75, 3.05) is 4.90 Å². The molecule has 11 rings (SSSR count). The largest absolute Gasteiger partial charge is 0.456 e. The molecule has 1 heterocycles. The van der Waals surface area contributed by atoms with E-state index in [9.17, 15) is 0 Å². The van der Waals surface area contributed by atoms with Crippen molar-refractivity contribution >= 4 is 82.1 Å². The summed E-state index contributed by atoms with van der Waals surface area (Å²) in [5.41, 5.74) is 9.81. The standard InChI is InChI=1S/C52H33NO/c1-2-8-34(9-3-1)35-22-26-42(27-23-35)53(44-30-31-50-48(33-44)46-12-6-7-13-49(46)54-50)43-28-24-36(25-29-43)41-21-16-38-15-18-40-20-19-39-17-14-37-10-4-5-11-45(37)51(39)52(40)47(38)32-41/h1-33H. The molecule has 0 aliphatic rings. The lowest BCUT2D eigenvalue weighted by Gasteiger charge is -2.26. The first kappa shape index (κ1) is 30.5. The molecule has 0 atom stereocenters. The summed E-state index contributed by atoms with van der Waals surface area (Å²) in [5.74, 6) is 0. The number of para-hydroxylation sites is 1. The third kappa shape index (κ3) is 4.96. The number of fused-ring (bicyclic) bond motifs is 10. The fourth-order valence-electron chi connectivity index (χ4n) is 8.36. The van der Waals surface area contributed by atoms with Gasteiger partial charge in [-0.15, -0.1) is 0 Å². The summed E-state index contributed by atoms with van der Waals surface area (Å²) in [6.45, 7) is 0. The SMILES string of the molecule is c1ccc(-c2ccc(N(c3ccc(-c4ccc5ccc6ccc7ccc8ccccc8c7c6c5c4)cc3)c3ccc4oc5ccccc5c4c3)cc2)cc1. The lowest BCUT2D eigenvalue weighted by atomic mass is 9.91. The van der Waals surface area contributed by atoms with Crippen LogP contribution in [0.5, 0.6) is 0 Å². The van der Waals surface area contributed by atoms with Crippen LogP contribution in [0.1, 0.15) is 0 Å². The highest BCUT2D eigenvalue weighted by Gasteiger charge is 2.17. The van der Waals surface area contributed by atoms with Crippen LogP contribution in [0.3, 0.4) is 0 Å².